The smallest absolute Gasteiger partial charge is 0.105 e. The molecular formula is C11H16N2. The van der Waals surface area contributed by atoms with Gasteiger partial charge in [0, 0.05) is 0 Å². The van der Waals surface area contributed by atoms with Gasteiger partial charge in [-0.1, -0.05) is 12.8 Å². The van der Waals surface area contributed by atoms with E-state index in [4.69, 9.17) is 0 Å². The van der Waals surface area contributed by atoms with Crippen molar-refractivity contribution in [2.24, 2.45) is 10.2 Å². The molecule has 2 nitrogen and oxygen atoms in total. The molecule has 1 aliphatic heterocycles. The van der Waals surface area contributed by atoms with Crippen LogP contribution in [0, 0.1) is 0 Å². The molecule has 1 atom stereocenters. The Balaban J connectivity index is 2.05. The van der Waals surface area contributed by atoms with E-state index in [9.17, 15) is 0 Å². The summed E-state index contributed by atoms with van der Waals surface area (Å²) in [6, 6.07) is 0. The van der Waals surface area contributed by atoms with E-state index in [2.05, 4.69) is 10.2 Å². The number of rotatable bonds is 0. The predicted molar refractivity (Wildman–Crippen MR) is 51.5 cm³/mol. The van der Waals surface area contributed by atoms with Gasteiger partial charge < -0.3 is 0 Å². The van der Waals surface area contributed by atoms with Crippen LogP contribution in [0.2, 0.25) is 0 Å². The Bertz CT molecular complexity index is 290. The summed E-state index contributed by atoms with van der Waals surface area (Å²) >= 11 is 0. The number of allylic oxidation sites excluding steroid dienone is 1. The van der Waals surface area contributed by atoms with E-state index in [1.165, 1.54) is 57.1 Å². The predicted octanol–water partition coefficient (Wildman–Crippen LogP) is 3.59. The summed E-state index contributed by atoms with van der Waals surface area (Å²) in [5, 5.41) is 8.94. The van der Waals surface area contributed by atoms with Crippen molar-refractivity contribution in [3.63, 3.8) is 0 Å². The average Bonchev–Trinajstić information content (AvgIpc) is 2.39. The minimum absolute atomic E-state index is 0.212. The minimum atomic E-state index is 0.212. The van der Waals surface area contributed by atoms with Crippen LogP contribution in [-0.2, 0) is 0 Å². The fourth-order valence-corrected chi connectivity index (χ4v) is 3.09. The van der Waals surface area contributed by atoms with Crippen LogP contribution in [0.4, 0.5) is 0 Å². The third kappa shape index (κ3) is 1.01. The van der Waals surface area contributed by atoms with E-state index in [1.54, 1.807) is 5.57 Å². The Morgan fingerprint density at radius 1 is 0.923 bits per heavy atom. The summed E-state index contributed by atoms with van der Waals surface area (Å²) in [5.41, 5.74) is 3.19. The van der Waals surface area contributed by atoms with Crippen LogP contribution in [0.3, 0.4) is 0 Å². The third-order valence-electron chi connectivity index (χ3n) is 3.79. The molecule has 0 aromatic carbocycles. The van der Waals surface area contributed by atoms with E-state index >= 15 is 0 Å². The van der Waals surface area contributed by atoms with Gasteiger partial charge in [-0.25, -0.2) is 0 Å². The maximum atomic E-state index is 4.56. The largest absolute Gasteiger partial charge is 0.178 e. The molecule has 70 valence electrons. The van der Waals surface area contributed by atoms with Gasteiger partial charge in [-0.05, 0) is 44.1 Å². The maximum Gasteiger partial charge on any atom is 0.105 e. The number of nitrogens with zero attached hydrogens (tertiary/aromatic N) is 2. The Kier molecular flexibility index (Phi) is 1.58. The van der Waals surface area contributed by atoms with E-state index in [1.807, 2.05) is 0 Å². The summed E-state index contributed by atoms with van der Waals surface area (Å²) in [7, 11) is 0. The number of hydrogen-bond acceptors (Lipinski definition) is 2. The van der Waals surface area contributed by atoms with E-state index in [0.717, 1.165) is 0 Å². The summed E-state index contributed by atoms with van der Waals surface area (Å²) in [6.45, 7) is 0. The monoisotopic (exact) mass is 176 g/mol. The van der Waals surface area contributed by atoms with Crippen molar-refractivity contribution < 1.29 is 0 Å². The van der Waals surface area contributed by atoms with E-state index < -0.39 is 0 Å². The highest BCUT2D eigenvalue weighted by Crippen LogP contribution is 2.49. The molecule has 3 rings (SSSR count). The molecule has 0 aromatic rings. The van der Waals surface area contributed by atoms with Gasteiger partial charge in [-0.2, -0.15) is 10.2 Å². The van der Waals surface area contributed by atoms with E-state index in [-0.39, 0.29) is 5.54 Å². The van der Waals surface area contributed by atoms with Gasteiger partial charge in [0.1, 0.15) is 5.54 Å². The maximum absolute atomic E-state index is 4.56. The molecule has 2 heteroatoms. The molecule has 1 heterocycles. The molecular weight excluding hydrogens is 160 g/mol. The summed E-state index contributed by atoms with van der Waals surface area (Å²) in [6.07, 6.45) is 10.5. The highest BCUT2D eigenvalue weighted by molar-refractivity contribution is 5.33. The molecule has 1 fully saturated rings. The second-order valence-corrected chi connectivity index (χ2v) is 4.57. The van der Waals surface area contributed by atoms with Crippen LogP contribution >= 0.6 is 0 Å². The third-order valence-corrected chi connectivity index (χ3v) is 3.79. The molecule has 0 N–H and O–H groups in total. The van der Waals surface area contributed by atoms with Crippen molar-refractivity contribution >= 4 is 0 Å². The standard InChI is InChI=1S/C11H16N2/c1-2-5-9-10-6-4-8-11(9,7-3-1)13-12-10/h1-8H2. The van der Waals surface area contributed by atoms with Crippen LogP contribution < -0.4 is 0 Å². The SMILES string of the molecule is C1CCC2=C3CCCC2(CC1)N=N3. The molecule has 0 spiro atoms. The summed E-state index contributed by atoms with van der Waals surface area (Å²) < 4.78 is 0. The average molecular weight is 176 g/mol. The van der Waals surface area contributed by atoms with Gasteiger partial charge >= 0.3 is 0 Å². The molecule has 0 radical (unpaired) electrons. The first-order valence-electron chi connectivity index (χ1n) is 5.56. The van der Waals surface area contributed by atoms with Crippen LogP contribution in [0.1, 0.15) is 51.4 Å². The minimum Gasteiger partial charge on any atom is -0.178 e. The highest BCUT2D eigenvalue weighted by atomic mass is 15.2. The second-order valence-electron chi connectivity index (χ2n) is 4.57. The van der Waals surface area contributed by atoms with E-state index in [0.29, 0.717) is 0 Å². The Morgan fingerprint density at radius 2 is 1.85 bits per heavy atom. The molecule has 0 amide bonds. The molecule has 13 heavy (non-hydrogen) atoms. The quantitative estimate of drug-likeness (QED) is 0.539. The number of hydrogen-bond donors (Lipinski definition) is 0. The Morgan fingerprint density at radius 3 is 2.85 bits per heavy atom. The van der Waals surface area contributed by atoms with Crippen molar-refractivity contribution in [3.8, 4) is 0 Å². The topological polar surface area (TPSA) is 24.7 Å². The zero-order valence-corrected chi connectivity index (χ0v) is 8.05. The lowest BCUT2D eigenvalue weighted by Gasteiger charge is -2.29. The first-order chi connectivity index (χ1) is 6.41. The lowest BCUT2D eigenvalue weighted by molar-refractivity contribution is 0.403. The molecule has 0 saturated heterocycles. The van der Waals surface area contributed by atoms with Crippen LogP contribution in [-0.4, -0.2) is 5.54 Å². The first-order valence-corrected chi connectivity index (χ1v) is 5.56. The molecule has 2 aliphatic carbocycles. The van der Waals surface area contributed by atoms with Gasteiger partial charge in [-0.3, -0.25) is 0 Å². The van der Waals surface area contributed by atoms with Crippen LogP contribution in [0.25, 0.3) is 0 Å². The normalized spacial score (nSPS) is 37.5. The first kappa shape index (κ1) is 7.72. The lowest BCUT2D eigenvalue weighted by atomic mass is 9.77. The fraction of sp³-hybridized carbons (Fsp3) is 0.818. The summed E-state index contributed by atoms with van der Waals surface area (Å²) in [5.74, 6) is 0. The highest BCUT2D eigenvalue weighted by Gasteiger charge is 2.42. The van der Waals surface area contributed by atoms with Gasteiger partial charge in [0.15, 0.2) is 0 Å². The summed E-state index contributed by atoms with van der Waals surface area (Å²) in [4.78, 5) is 0. The zero-order chi connectivity index (χ0) is 8.73. The van der Waals surface area contributed by atoms with Crippen LogP contribution in [0.15, 0.2) is 21.5 Å². The van der Waals surface area contributed by atoms with Crippen LogP contribution in [0.5, 0.6) is 0 Å². The van der Waals surface area contributed by atoms with Gasteiger partial charge in [0.05, 0.1) is 5.70 Å². The molecule has 2 bridgehead atoms. The van der Waals surface area contributed by atoms with Gasteiger partial charge in [0.2, 0.25) is 0 Å². The van der Waals surface area contributed by atoms with Crippen molar-refractivity contribution in [1.82, 2.24) is 0 Å². The zero-order valence-electron chi connectivity index (χ0n) is 8.05. The lowest BCUT2D eigenvalue weighted by Crippen LogP contribution is -2.28. The van der Waals surface area contributed by atoms with Gasteiger partial charge in [-0.15, -0.1) is 0 Å². The second kappa shape index (κ2) is 2.66. The van der Waals surface area contributed by atoms with Crippen molar-refractivity contribution in [3.05, 3.63) is 11.3 Å². The van der Waals surface area contributed by atoms with Crippen molar-refractivity contribution in [2.45, 2.75) is 56.9 Å². The number of azo groups is 1. The Labute approximate surface area is 79.1 Å². The van der Waals surface area contributed by atoms with Crippen molar-refractivity contribution in [2.75, 3.05) is 0 Å². The molecule has 1 saturated carbocycles. The van der Waals surface area contributed by atoms with Crippen molar-refractivity contribution in [1.29, 1.82) is 0 Å². The fourth-order valence-electron chi connectivity index (χ4n) is 3.09. The molecule has 3 aliphatic rings. The van der Waals surface area contributed by atoms with Gasteiger partial charge in [0.25, 0.3) is 0 Å². The molecule has 1 unspecified atom stereocenters. The Hall–Kier alpha value is -0.660. The molecule has 0 aromatic heterocycles.